The summed E-state index contributed by atoms with van der Waals surface area (Å²) < 4.78 is 15.2. The fourth-order valence-electron chi connectivity index (χ4n) is 1.63. The summed E-state index contributed by atoms with van der Waals surface area (Å²) in [4.78, 5) is 8.24. The molecule has 0 radical (unpaired) electrons. The third-order valence-corrected chi connectivity index (χ3v) is 2.71. The normalized spacial score (nSPS) is 9.95. The van der Waals surface area contributed by atoms with Crippen LogP contribution in [0.15, 0.2) is 30.3 Å². The van der Waals surface area contributed by atoms with Crippen LogP contribution in [-0.2, 0) is 6.54 Å². The summed E-state index contributed by atoms with van der Waals surface area (Å²) in [6.45, 7) is 0.632. The van der Waals surface area contributed by atoms with Crippen LogP contribution in [0.3, 0.4) is 0 Å². The summed E-state index contributed by atoms with van der Waals surface area (Å²) in [5, 5.41) is 3.20. The number of aromatic nitrogens is 2. The van der Waals surface area contributed by atoms with Gasteiger partial charge < -0.3 is 19.5 Å². The summed E-state index contributed by atoms with van der Waals surface area (Å²) in [7, 11) is 4.71. The number of nitrogens with zero attached hydrogens (tertiary/aromatic N) is 2. The molecule has 2 aromatic rings. The highest BCUT2D eigenvalue weighted by Crippen LogP contribution is 2.18. The average molecular weight is 275 g/mol. The van der Waals surface area contributed by atoms with Gasteiger partial charge in [-0.15, -0.1) is 0 Å². The largest absolute Gasteiger partial charge is 0.497 e. The molecule has 1 aromatic carbocycles. The predicted molar refractivity (Wildman–Crippen MR) is 75.5 cm³/mol. The van der Waals surface area contributed by atoms with Crippen molar-refractivity contribution < 1.29 is 14.2 Å². The van der Waals surface area contributed by atoms with E-state index in [0.29, 0.717) is 18.2 Å². The summed E-state index contributed by atoms with van der Waals surface area (Å²) in [6, 6.07) is 9.78. The highest BCUT2D eigenvalue weighted by molar-refractivity contribution is 5.40. The number of nitrogens with one attached hydrogen (secondary N) is 1. The van der Waals surface area contributed by atoms with Gasteiger partial charge in [-0.05, 0) is 17.7 Å². The lowest BCUT2D eigenvalue weighted by atomic mass is 10.2. The van der Waals surface area contributed by atoms with Crippen LogP contribution in [-0.4, -0.2) is 31.3 Å². The van der Waals surface area contributed by atoms with Crippen LogP contribution in [0.1, 0.15) is 5.56 Å². The van der Waals surface area contributed by atoms with Crippen LogP contribution >= 0.6 is 0 Å². The second-order valence-corrected chi connectivity index (χ2v) is 3.98. The molecule has 1 N–H and O–H groups in total. The van der Waals surface area contributed by atoms with Gasteiger partial charge >= 0.3 is 6.01 Å². The van der Waals surface area contributed by atoms with E-state index in [1.807, 2.05) is 24.3 Å². The van der Waals surface area contributed by atoms with Crippen molar-refractivity contribution in [2.75, 3.05) is 26.6 Å². The summed E-state index contributed by atoms with van der Waals surface area (Å²) >= 11 is 0. The van der Waals surface area contributed by atoms with Crippen LogP contribution in [0.5, 0.6) is 17.6 Å². The number of hydrogen-bond acceptors (Lipinski definition) is 6. The maximum atomic E-state index is 5.12. The molecule has 106 valence electrons. The van der Waals surface area contributed by atoms with Gasteiger partial charge in [-0.25, -0.2) is 0 Å². The van der Waals surface area contributed by atoms with Gasteiger partial charge in [-0.2, -0.15) is 9.97 Å². The Labute approximate surface area is 117 Å². The highest BCUT2D eigenvalue weighted by Gasteiger charge is 2.05. The lowest BCUT2D eigenvalue weighted by Crippen LogP contribution is -2.04. The molecule has 0 saturated carbocycles. The minimum atomic E-state index is 0.265. The standard InChI is InChI=1S/C14H17N3O3/c1-18-11-6-4-10(5-7-11)9-15-12-8-13(19-2)17-14(16-12)20-3/h4-8H,9H2,1-3H3,(H,15,16,17). The van der Waals surface area contributed by atoms with E-state index >= 15 is 0 Å². The van der Waals surface area contributed by atoms with Crippen LogP contribution in [0, 0.1) is 0 Å². The first-order valence-electron chi connectivity index (χ1n) is 6.09. The maximum Gasteiger partial charge on any atom is 0.321 e. The molecule has 0 fully saturated rings. The first-order chi connectivity index (χ1) is 9.75. The molecule has 2 rings (SSSR count). The number of methoxy groups -OCH3 is 3. The maximum absolute atomic E-state index is 5.12. The van der Waals surface area contributed by atoms with Crippen molar-refractivity contribution in [1.82, 2.24) is 9.97 Å². The third kappa shape index (κ3) is 3.50. The zero-order valence-corrected chi connectivity index (χ0v) is 11.7. The van der Waals surface area contributed by atoms with Crippen molar-refractivity contribution in [2.24, 2.45) is 0 Å². The molecular formula is C14H17N3O3. The zero-order chi connectivity index (χ0) is 14.4. The second kappa shape index (κ2) is 6.60. The lowest BCUT2D eigenvalue weighted by Gasteiger charge is -2.09. The minimum Gasteiger partial charge on any atom is -0.497 e. The molecule has 0 amide bonds. The van der Waals surface area contributed by atoms with E-state index in [1.165, 1.54) is 7.11 Å². The monoisotopic (exact) mass is 275 g/mol. The number of rotatable bonds is 6. The molecule has 0 spiro atoms. The summed E-state index contributed by atoms with van der Waals surface area (Å²) in [5.41, 5.74) is 1.11. The molecule has 0 aliphatic carbocycles. The molecule has 0 unspecified atom stereocenters. The van der Waals surface area contributed by atoms with Gasteiger partial charge in [0.1, 0.15) is 11.6 Å². The van der Waals surface area contributed by atoms with E-state index in [-0.39, 0.29) is 6.01 Å². The Kier molecular flexibility index (Phi) is 4.60. The molecule has 0 aliphatic rings. The molecule has 0 atom stereocenters. The summed E-state index contributed by atoms with van der Waals surface area (Å²) in [6.07, 6.45) is 0. The molecule has 1 heterocycles. The molecule has 6 heteroatoms. The van der Waals surface area contributed by atoms with Crippen molar-refractivity contribution in [1.29, 1.82) is 0 Å². The Morgan fingerprint density at radius 2 is 1.70 bits per heavy atom. The first kappa shape index (κ1) is 13.9. The van der Waals surface area contributed by atoms with Gasteiger partial charge in [0, 0.05) is 12.6 Å². The smallest absolute Gasteiger partial charge is 0.321 e. The van der Waals surface area contributed by atoms with E-state index in [0.717, 1.165) is 11.3 Å². The van der Waals surface area contributed by atoms with Gasteiger partial charge in [0.05, 0.1) is 21.3 Å². The van der Waals surface area contributed by atoms with Crippen LogP contribution < -0.4 is 19.5 Å². The number of anilines is 1. The Morgan fingerprint density at radius 3 is 2.30 bits per heavy atom. The molecule has 0 aliphatic heterocycles. The van der Waals surface area contributed by atoms with Crippen LogP contribution in [0.25, 0.3) is 0 Å². The topological polar surface area (TPSA) is 65.5 Å². The zero-order valence-electron chi connectivity index (χ0n) is 11.7. The predicted octanol–water partition coefficient (Wildman–Crippen LogP) is 2.11. The van der Waals surface area contributed by atoms with Crippen LogP contribution in [0.4, 0.5) is 5.82 Å². The molecule has 6 nitrogen and oxygen atoms in total. The number of hydrogen-bond donors (Lipinski definition) is 1. The Morgan fingerprint density at radius 1 is 0.950 bits per heavy atom. The fraction of sp³-hybridized carbons (Fsp3) is 0.286. The Hall–Kier alpha value is -2.50. The van der Waals surface area contributed by atoms with Gasteiger partial charge in [0.25, 0.3) is 0 Å². The van der Waals surface area contributed by atoms with E-state index < -0.39 is 0 Å². The minimum absolute atomic E-state index is 0.265. The SMILES string of the molecule is COc1ccc(CNc2cc(OC)nc(OC)n2)cc1. The van der Waals surface area contributed by atoms with E-state index in [2.05, 4.69) is 15.3 Å². The van der Waals surface area contributed by atoms with Crippen molar-refractivity contribution in [3.05, 3.63) is 35.9 Å². The van der Waals surface area contributed by atoms with Gasteiger partial charge in [0.2, 0.25) is 5.88 Å². The quantitative estimate of drug-likeness (QED) is 0.871. The first-order valence-corrected chi connectivity index (χ1v) is 6.09. The van der Waals surface area contributed by atoms with Crippen LogP contribution in [0.2, 0.25) is 0 Å². The molecular weight excluding hydrogens is 258 g/mol. The van der Waals surface area contributed by atoms with Gasteiger partial charge in [0.15, 0.2) is 0 Å². The van der Waals surface area contributed by atoms with Crippen molar-refractivity contribution in [2.45, 2.75) is 6.54 Å². The highest BCUT2D eigenvalue weighted by atomic mass is 16.5. The molecule has 0 bridgehead atoms. The average Bonchev–Trinajstić information content (AvgIpc) is 2.53. The Balaban J connectivity index is 2.05. The van der Waals surface area contributed by atoms with Gasteiger partial charge in [-0.1, -0.05) is 12.1 Å². The second-order valence-electron chi connectivity index (χ2n) is 3.98. The van der Waals surface area contributed by atoms with E-state index in [4.69, 9.17) is 14.2 Å². The van der Waals surface area contributed by atoms with Crippen molar-refractivity contribution in [3.8, 4) is 17.6 Å². The number of ether oxygens (including phenoxy) is 3. The van der Waals surface area contributed by atoms with Gasteiger partial charge in [-0.3, -0.25) is 0 Å². The number of benzene rings is 1. The third-order valence-electron chi connectivity index (χ3n) is 2.71. The fourth-order valence-corrected chi connectivity index (χ4v) is 1.63. The summed E-state index contributed by atoms with van der Waals surface area (Å²) in [5.74, 6) is 1.93. The molecule has 0 saturated heterocycles. The molecule has 20 heavy (non-hydrogen) atoms. The van der Waals surface area contributed by atoms with Crippen molar-refractivity contribution >= 4 is 5.82 Å². The molecule has 1 aromatic heterocycles. The van der Waals surface area contributed by atoms with Crippen molar-refractivity contribution in [3.63, 3.8) is 0 Å². The van der Waals surface area contributed by atoms with E-state index in [1.54, 1.807) is 20.3 Å². The Bertz CT molecular complexity index is 536. The van der Waals surface area contributed by atoms with E-state index in [9.17, 15) is 0 Å². The lowest BCUT2D eigenvalue weighted by molar-refractivity contribution is 0.353.